The van der Waals surface area contributed by atoms with Gasteiger partial charge in [-0.2, -0.15) is 0 Å². The lowest BCUT2D eigenvalue weighted by atomic mass is 9.99. The van der Waals surface area contributed by atoms with Gasteiger partial charge in [-0.1, -0.05) is 16.7 Å². The molecule has 0 saturated heterocycles. The van der Waals surface area contributed by atoms with Gasteiger partial charge in [0.25, 0.3) is 11.8 Å². The van der Waals surface area contributed by atoms with Crippen molar-refractivity contribution in [3.8, 4) is 17.3 Å². The average molecular weight is 565 g/mol. The predicted molar refractivity (Wildman–Crippen MR) is 145 cm³/mol. The summed E-state index contributed by atoms with van der Waals surface area (Å²) in [6.45, 7) is 2.09. The number of amides is 2. The Bertz CT molecular complexity index is 1500. The molecule has 12 heteroatoms. The number of anilines is 1. The first-order valence-electron chi connectivity index (χ1n) is 13.4. The number of aryl methyl sites for hydroxylation is 1. The fourth-order valence-corrected chi connectivity index (χ4v) is 5.29. The summed E-state index contributed by atoms with van der Waals surface area (Å²) in [4.78, 5) is 42.8. The normalized spacial score (nSPS) is 17.8. The summed E-state index contributed by atoms with van der Waals surface area (Å²) in [5.41, 5.74) is 2.92. The van der Waals surface area contributed by atoms with Crippen LogP contribution in [0.5, 0.6) is 5.88 Å². The molecular weight excluding hydrogens is 536 g/mol. The number of pyridine rings is 1. The molecule has 0 radical (unpaired) electrons. The Kier molecular flexibility index (Phi) is 6.69. The number of carbonyl (C=O) groups is 3. The van der Waals surface area contributed by atoms with Crippen LogP contribution in [0.4, 0.5) is 6.01 Å². The van der Waals surface area contributed by atoms with Crippen LogP contribution in [0.25, 0.3) is 11.5 Å². The third-order valence-corrected chi connectivity index (χ3v) is 8.03. The minimum absolute atomic E-state index is 0.145. The van der Waals surface area contributed by atoms with E-state index in [0.29, 0.717) is 34.2 Å². The molecule has 6 rings (SSSR count). The van der Waals surface area contributed by atoms with Crippen LogP contribution >= 0.6 is 11.6 Å². The average Bonchev–Trinajstić information content (AvgIpc) is 3.85. The largest absolute Gasteiger partial charge is 0.474 e. The van der Waals surface area contributed by atoms with Gasteiger partial charge >= 0.3 is 6.01 Å². The van der Waals surface area contributed by atoms with Crippen LogP contribution in [-0.4, -0.2) is 57.4 Å². The van der Waals surface area contributed by atoms with Crippen molar-refractivity contribution in [2.75, 3.05) is 12.4 Å². The maximum atomic E-state index is 13.3. The van der Waals surface area contributed by atoms with Gasteiger partial charge in [-0.25, -0.2) is 4.98 Å². The first-order valence-corrected chi connectivity index (χ1v) is 13.7. The zero-order valence-corrected chi connectivity index (χ0v) is 23.0. The Morgan fingerprint density at radius 2 is 2.08 bits per heavy atom. The maximum absolute atomic E-state index is 13.3. The lowest BCUT2D eigenvalue weighted by Gasteiger charge is -2.22. The number of benzene rings is 1. The fraction of sp³-hybridized carbons (Fsp3) is 0.429. The molecule has 0 bridgehead atoms. The molecular formula is C28H29ClN6O5. The fourth-order valence-electron chi connectivity index (χ4n) is 5.01. The molecule has 2 aromatic heterocycles. The number of aldehydes is 1. The predicted octanol–water partition coefficient (Wildman–Crippen LogP) is 3.79. The number of hydrogen-bond donors (Lipinski definition) is 2. The van der Waals surface area contributed by atoms with Crippen molar-refractivity contribution in [1.82, 2.24) is 25.4 Å². The Morgan fingerprint density at radius 1 is 1.27 bits per heavy atom. The number of ether oxygens (including phenoxy) is 1. The zero-order valence-electron chi connectivity index (χ0n) is 22.2. The molecule has 1 atom stereocenters. The number of hydrogen-bond acceptors (Lipinski definition) is 9. The highest BCUT2D eigenvalue weighted by molar-refractivity contribution is 6.32. The molecule has 0 spiro atoms. The third-order valence-electron chi connectivity index (χ3n) is 7.69. The third kappa shape index (κ3) is 5.01. The first kappa shape index (κ1) is 26.2. The van der Waals surface area contributed by atoms with Gasteiger partial charge in [0.1, 0.15) is 12.4 Å². The van der Waals surface area contributed by atoms with Crippen molar-refractivity contribution in [3.05, 3.63) is 51.7 Å². The van der Waals surface area contributed by atoms with E-state index in [1.807, 2.05) is 25.1 Å². The molecule has 2 fully saturated rings. The van der Waals surface area contributed by atoms with Crippen molar-refractivity contribution in [3.63, 3.8) is 0 Å². The summed E-state index contributed by atoms with van der Waals surface area (Å²) in [7, 11) is 1.54. The van der Waals surface area contributed by atoms with Gasteiger partial charge in [0.05, 0.1) is 22.8 Å². The van der Waals surface area contributed by atoms with Gasteiger partial charge in [0.2, 0.25) is 11.8 Å². The van der Waals surface area contributed by atoms with E-state index in [1.54, 1.807) is 6.07 Å². The van der Waals surface area contributed by atoms with Crippen molar-refractivity contribution in [2.45, 2.75) is 69.7 Å². The number of carbonyl (C=O) groups excluding carboxylic acids is 3. The molecule has 3 heterocycles. The van der Waals surface area contributed by atoms with Crippen LogP contribution in [0.2, 0.25) is 5.02 Å². The van der Waals surface area contributed by atoms with Crippen LogP contribution in [0.1, 0.15) is 65.7 Å². The molecule has 2 aliphatic carbocycles. The van der Waals surface area contributed by atoms with Gasteiger partial charge in [-0.3, -0.25) is 9.59 Å². The van der Waals surface area contributed by atoms with Crippen molar-refractivity contribution in [1.29, 1.82) is 0 Å². The number of rotatable bonds is 11. The second-order valence-corrected chi connectivity index (χ2v) is 11.0. The molecule has 40 heavy (non-hydrogen) atoms. The molecule has 2 N–H and O–H groups in total. The van der Waals surface area contributed by atoms with E-state index in [4.69, 9.17) is 20.8 Å². The summed E-state index contributed by atoms with van der Waals surface area (Å²) >= 11 is 6.66. The number of aromatic nitrogens is 3. The quantitative estimate of drug-likeness (QED) is 0.333. The monoisotopic (exact) mass is 564 g/mol. The van der Waals surface area contributed by atoms with Crippen LogP contribution in [0.3, 0.4) is 0 Å². The standard InChI is InChI=1S/C28H29ClN6O5/c1-15-19(6-8-24(31-15)39-18-4-5-18)25-33-34-27(40-25)32-28(9-10-28)16-11-20-21(22(29)12-16)13-35(26(20)38)17(14-36)3-7-23(37)30-2/h6,8,11-12,14,17-18H,3-5,7,9-10,13H2,1-2H3,(H,30,37)(H,32,34). The van der Waals surface area contributed by atoms with Gasteiger partial charge < -0.3 is 29.5 Å². The van der Waals surface area contributed by atoms with E-state index in [1.165, 1.54) is 11.9 Å². The van der Waals surface area contributed by atoms with Crippen LogP contribution in [0.15, 0.2) is 28.7 Å². The number of halogens is 1. The van der Waals surface area contributed by atoms with E-state index >= 15 is 0 Å². The smallest absolute Gasteiger partial charge is 0.316 e. The van der Waals surface area contributed by atoms with E-state index in [0.717, 1.165) is 42.5 Å². The SMILES string of the molecule is CNC(=O)CCC(C=O)N1Cc2c(Cl)cc(C3(Nc4nnc(-c5ccc(OC6CC6)nc5C)o4)CC3)cc2C1=O. The Balaban J connectivity index is 1.19. The molecule has 1 aliphatic heterocycles. The van der Waals surface area contributed by atoms with E-state index < -0.39 is 11.6 Å². The highest BCUT2D eigenvalue weighted by atomic mass is 35.5. The van der Waals surface area contributed by atoms with Crippen molar-refractivity contribution >= 4 is 35.7 Å². The minimum Gasteiger partial charge on any atom is -0.474 e. The lowest BCUT2D eigenvalue weighted by molar-refractivity contribution is -0.121. The molecule has 1 unspecified atom stereocenters. The summed E-state index contributed by atoms with van der Waals surface area (Å²) in [6.07, 6.45) is 5.05. The summed E-state index contributed by atoms with van der Waals surface area (Å²) in [5, 5.41) is 14.7. The molecule has 1 aromatic carbocycles. The van der Waals surface area contributed by atoms with Crippen molar-refractivity contribution < 1.29 is 23.5 Å². The second-order valence-electron chi connectivity index (χ2n) is 10.6. The van der Waals surface area contributed by atoms with E-state index in [9.17, 15) is 14.4 Å². The number of fused-ring (bicyclic) bond motifs is 1. The maximum Gasteiger partial charge on any atom is 0.316 e. The van der Waals surface area contributed by atoms with Crippen LogP contribution in [-0.2, 0) is 21.7 Å². The number of nitrogens with zero attached hydrogens (tertiary/aromatic N) is 4. The topological polar surface area (TPSA) is 140 Å². The Labute approximate surface area is 235 Å². The minimum atomic E-state index is -0.714. The highest BCUT2D eigenvalue weighted by Crippen LogP contribution is 2.50. The Morgan fingerprint density at radius 3 is 2.75 bits per heavy atom. The molecule has 11 nitrogen and oxygen atoms in total. The van der Waals surface area contributed by atoms with Gasteiger partial charge in [0, 0.05) is 42.2 Å². The van der Waals surface area contributed by atoms with Gasteiger partial charge in [0.15, 0.2) is 0 Å². The van der Waals surface area contributed by atoms with Gasteiger partial charge in [-0.15, -0.1) is 5.10 Å². The Hall–Kier alpha value is -3.99. The highest BCUT2D eigenvalue weighted by Gasteiger charge is 2.47. The molecule has 3 aromatic rings. The van der Waals surface area contributed by atoms with Crippen molar-refractivity contribution in [2.24, 2.45) is 0 Å². The lowest BCUT2D eigenvalue weighted by Crippen LogP contribution is -2.37. The summed E-state index contributed by atoms with van der Waals surface area (Å²) < 4.78 is 11.7. The van der Waals surface area contributed by atoms with Crippen LogP contribution < -0.4 is 15.4 Å². The van der Waals surface area contributed by atoms with Crippen LogP contribution in [0, 0.1) is 6.92 Å². The molecule has 2 saturated carbocycles. The molecule has 208 valence electrons. The van der Waals surface area contributed by atoms with Gasteiger partial charge in [-0.05, 0) is 62.8 Å². The summed E-state index contributed by atoms with van der Waals surface area (Å²) in [6, 6.07) is 6.89. The second kappa shape index (κ2) is 10.2. The first-order chi connectivity index (χ1) is 19.3. The molecule has 2 amide bonds. The number of nitrogens with one attached hydrogen (secondary N) is 2. The van der Waals surface area contributed by atoms with E-state index in [-0.39, 0.29) is 43.3 Å². The zero-order chi connectivity index (χ0) is 28.0. The summed E-state index contributed by atoms with van der Waals surface area (Å²) in [5.74, 6) is 0.468. The molecule has 3 aliphatic rings. The van der Waals surface area contributed by atoms with E-state index in [2.05, 4.69) is 25.8 Å².